The SMILES string of the molecule is CC(=S)Br. The van der Waals surface area contributed by atoms with Crippen LogP contribution in [0.1, 0.15) is 6.92 Å². The van der Waals surface area contributed by atoms with Crippen LogP contribution in [0.5, 0.6) is 0 Å². The van der Waals surface area contributed by atoms with Crippen molar-refractivity contribution in [1.29, 1.82) is 0 Å². The molecule has 0 unspecified atom stereocenters. The molecule has 0 fully saturated rings. The quantitative estimate of drug-likeness (QED) is 0.363. The monoisotopic (exact) mass is 138 g/mol. The number of halogens is 1. The average molecular weight is 139 g/mol. The van der Waals surface area contributed by atoms with Gasteiger partial charge in [0.05, 0.1) is 3.77 Å². The summed E-state index contributed by atoms with van der Waals surface area (Å²) in [5, 5.41) is 0. The van der Waals surface area contributed by atoms with Crippen molar-refractivity contribution >= 4 is 31.9 Å². The molecular formula is C2H3BrS. The van der Waals surface area contributed by atoms with Crippen LogP contribution in [0.4, 0.5) is 0 Å². The summed E-state index contributed by atoms with van der Waals surface area (Å²) < 4.78 is 0.813. The van der Waals surface area contributed by atoms with E-state index in [0.29, 0.717) is 0 Å². The highest BCUT2D eigenvalue weighted by Gasteiger charge is 1.59. The average Bonchev–Trinajstić information content (AvgIpc) is 0.811. The van der Waals surface area contributed by atoms with E-state index >= 15 is 0 Å². The van der Waals surface area contributed by atoms with Crippen LogP contribution in [0.15, 0.2) is 0 Å². The van der Waals surface area contributed by atoms with Gasteiger partial charge in [0.25, 0.3) is 0 Å². The van der Waals surface area contributed by atoms with Crippen molar-refractivity contribution in [3.8, 4) is 0 Å². The standard InChI is InChI=1S/C2H3BrS/c1-2(3)4/h1H3. The highest BCUT2D eigenvalue weighted by Crippen LogP contribution is 1.80. The van der Waals surface area contributed by atoms with E-state index in [-0.39, 0.29) is 0 Å². The third-order valence-corrected chi connectivity index (χ3v) is 0. The lowest BCUT2D eigenvalue weighted by Gasteiger charge is -1.57. The highest BCUT2D eigenvalue weighted by molar-refractivity contribution is 9.20. The number of rotatable bonds is 0. The van der Waals surface area contributed by atoms with Gasteiger partial charge in [0.2, 0.25) is 0 Å². The summed E-state index contributed by atoms with van der Waals surface area (Å²) >= 11 is 7.46. The maximum absolute atomic E-state index is 4.45. The van der Waals surface area contributed by atoms with E-state index in [1.54, 1.807) is 0 Å². The van der Waals surface area contributed by atoms with Gasteiger partial charge in [-0.15, -0.1) is 0 Å². The van der Waals surface area contributed by atoms with Crippen molar-refractivity contribution in [2.45, 2.75) is 6.92 Å². The molecule has 0 saturated carbocycles. The Balaban J connectivity index is 2.80. The summed E-state index contributed by atoms with van der Waals surface area (Å²) in [6, 6.07) is 0. The van der Waals surface area contributed by atoms with Crippen LogP contribution in [0.3, 0.4) is 0 Å². The Bertz CT molecular complexity index is 29.0. The van der Waals surface area contributed by atoms with E-state index in [0.717, 1.165) is 3.77 Å². The molecule has 0 atom stereocenters. The fraction of sp³-hybridized carbons (Fsp3) is 0.500. The molecule has 24 valence electrons. The van der Waals surface area contributed by atoms with E-state index in [9.17, 15) is 0 Å². The molecule has 0 aromatic carbocycles. The molecule has 0 radical (unpaired) electrons. The van der Waals surface area contributed by atoms with Gasteiger partial charge in [0.15, 0.2) is 0 Å². The molecule has 0 N–H and O–H groups in total. The molecule has 0 aromatic heterocycles. The van der Waals surface area contributed by atoms with E-state index in [2.05, 4.69) is 28.1 Å². The molecule has 0 aromatic rings. The molecule has 0 aliphatic heterocycles. The van der Waals surface area contributed by atoms with E-state index < -0.39 is 0 Å². The fourth-order valence-corrected chi connectivity index (χ4v) is 0. The molecule has 0 bridgehead atoms. The maximum atomic E-state index is 4.45. The first-order chi connectivity index (χ1) is 1.73. The van der Waals surface area contributed by atoms with Crippen molar-refractivity contribution < 1.29 is 0 Å². The summed E-state index contributed by atoms with van der Waals surface area (Å²) in [4.78, 5) is 0. The first-order valence-electron chi connectivity index (χ1n) is 0.893. The number of thiocarbonyl (C=S) groups is 1. The topological polar surface area (TPSA) is 0 Å². The van der Waals surface area contributed by atoms with Gasteiger partial charge in [0.1, 0.15) is 0 Å². The Kier molecular flexibility index (Phi) is 2.11. The largest absolute Gasteiger partial charge is 0.0771 e. The Morgan fingerprint density at radius 2 is 2.00 bits per heavy atom. The Labute approximate surface area is 39.3 Å². The minimum atomic E-state index is 0.813. The van der Waals surface area contributed by atoms with Crippen molar-refractivity contribution in [3.05, 3.63) is 0 Å². The zero-order valence-corrected chi connectivity index (χ0v) is 4.69. The number of hydrogen-bond acceptors (Lipinski definition) is 1. The second-order valence-corrected chi connectivity index (χ2v) is 2.80. The maximum Gasteiger partial charge on any atom is 0.0548 e. The predicted octanol–water partition coefficient (Wildman–Crippen LogP) is 1.73. The summed E-state index contributed by atoms with van der Waals surface area (Å²) in [5.41, 5.74) is 0. The lowest BCUT2D eigenvalue weighted by molar-refractivity contribution is 2.12. The third-order valence-electron chi connectivity index (χ3n) is 0. The Morgan fingerprint density at radius 1 is 2.00 bits per heavy atom. The van der Waals surface area contributed by atoms with Gasteiger partial charge in [-0.05, 0) is 22.9 Å². The van der Waals surface area contributed by atoms with Crippen LogP contribution in [0.25, 0.3) is 0 Å². The number of hydrogen-bond donors (Lipinski definition) is 0. The minimum Gasteiger partial charge on any atom is -0.0771 e. The lowest BCUT2D eigenvalue weighted by atomic mass is 11.0. The van der Waals surface area contributed by atoms with Crippen molar-refractivity contribution in [2.24, 2.45) is 0 Å². The molecule has 2 heteroatoms. The molecule has 0 aliphatic rings. The van der Waals surface area contributed by atoms with Gasteiger partial charge in [-0.3, -0.25) is 0 Å². The summed E-state index contributed by atoms with van der Waals surface area (Å²) in [6.45, 7) is 1.81. The van der Waals surface area contributed by atoms with Gasteiger partial charge in [0, 0.05) is 0 Å². The third kappa shape index (κ3) is 19.5. The first-order valence-corrected chi connectivity index (χ1v) is 2.09. The predicted molar refractivity (Wildman–Crippen MR) is 27.2 cm³/mol. The van der Waals surface area contributed by atoms with Gasteiger partial charge in [-0.1, -0.05) is 12.2 Å². The smallest absolute Gasteiger partial charge is 0.0548 e. The second kappa shape index (κ2) is 1.85. The molecule has 0 rings (SSSR count). The van der Waals surface area contributed by atoms with Gasteiger partial charge in [-0.25, -0.2) is 0 Å². The van der Waals surface area contributed by atoms with Crippen LogP contribution in [0.2, 0.25) is 0 Å². The summed E-state index contributed by atoms with van der Waals surface area (Å²) in [7, 11) is 0. The second-order valence-electron chi connectivity index (χ2n) is 0.470. The van der Waals surface area contributed by atoms with Gasteiger partial charge in [-0.2, -0.15) is 0 Å². The molecule has 4 heavy (non-hydrogen) atoms. The van der Waals surface area contributed by atoms with Crippen molar-refractivity contribution in [3.63, 3.8) is 0 Å². The fourth-order valence-electron chi connectivity index (χ4n) is 0. The van der Waals surface area contributed by atoms with E-state index in [1.807, 2.05) is 6.92 Å². The lowest BCUT2D eigenvalue weighted by Crippen LogP contribution is -1.53. The molecule has 0 heterocycles. The van der Waals surface area contributed by atoms with Crippen molar-refractivity contribution in [1.82, 2.24) is 0 Å². The van der Waals surface area contributed by atoms with Crippen LogP contribution < -0.4 is 0 Å². The van der Waals surface area contributed by atoms with Crippen LogP contribution in [0, 0.1) is 0 Å². The first kappa shape index (κ1) is 4.57. The van der Waals surface area contributed by atoms with E-state index in [1.165, 1.54) is 0 Å². The molecule has 0 nitrogen and oxygen atoms in total. The molecule has 0 spiro atoms. The van der Waals surface area contributed by atoms with E-state index in [4.69, 9.17) is 0 Å². The normalized spacial score (nSPS) is 6.50. The van der Waals surface area contributed by atoms with Crippen molar-refractivity contribution in [2.75, 3.05) is 0 Å². The Morgan fingerprint density at radius 3 is 2.00 bits per heavy atom. The summed E-state index contributed by atoms with van der Waals surface area (Å²) in [6.07, 6.45) is 0. The molecule has 0 amide bonds. The van der Waals surface area contributed by atoms with Crippen LogP contribution in [-0.2, 0) is 0 Å². The van der Waals surface area contributed by atoms with Crippen LogP contribution >= 0.6 is 28.1 Å². The molecular weight excluding hydrogens is 136 g/mol. The van der Waals surface area contributed by atoms with Gasteiger partial charge < -0.3 is 0 Å². The molecule has 0 aliphatic carbocycles. The Hall–Kier alpha value is 0.570. The minimum absolute atomic E-state index is 0.813. The molecule has 0 saturated heterocycles. The highest BCUT2D eigenvalue weighted by atomic mass is 79.9. The summed E-state index contributed by atoms with van der Waals surface area (Å²) in [5.74, 6) is 0. The zero-order valence-electron chi connectivity index (χ0n) is 2.29. The van der Waals surface area contributed by atoms with Gasteiger partial charge >= 0.3 is 0 Å². The van der Waals surface area contributed by atoms with Crippen LogP contribution in [-0.4, -0.2) is 3.77 Å². The zero-order chi connectivity index (χ0) is 3.58.